The number of rotatable bonds is 14. The maximum atomic E-state index is 12.4. The first kappa shape index (κ1) is 27.7. The van der Waals surface area contributed by atoms with Gasteiger partial charge in [0.25, 0.3) is 20.2 Å². The Hall–Kier alpha value is -1.36. The number of hydrogen-bond donors (Lipinski definition) is 2. The molecule has 1 aromatic rings. The normalized spacial score (nSPS) is 11.8. The van der Waals surface area contributed by atoms with Crippen LogP contribution in [0.25, 0.3) is 0 Å². The maximum Gasteiger partial charge on any atom is 0.345 e. The Morgan fingerprint density at radius 2 is 1.45 bits per heavy atom. The molecule has 0 aromatic heterocycles. The lowest BCUT2D eigenvalue weighted by atomic mass is 10.1. The van der Waals surface area contributed by atoms with Crippen molar-refractivity contribution in [1.82, 2.24) is 0 Å². The molecule has 0 heterocycles. The molecule has 1 aromatic carbocycles. The molecule has 14 heteroatoms. The second-order valence-electron chi connectivity index (χ2n) is 6.21. The van der Waals surface area contributed by atoms with Crippen LogP contribution in [-0.4, -0.2) is 70.3 Å². The highest BCUT2D eigenvalue weighted by atomic mass is 127. The number of carbonyl (C=O) groups is 1. The second-order valence-corrected chi connectivity index (χ2v) is 10.4. The summed E-state index contributed by atoms with van der Waals surface area (Å²) in [6, 6.07) is 1.38. The molecule has 0 saturated carbocycles. The maximum absolute atomic E-state index is 12.4. The Balaban J connectivity index is 3.22. The standard InChI is InChI=1S/C17H25IO11S2/c1-3-6-29-16-14(17(19)26-2)12(27-7-4-9-30(20,21)22)11-13(15(16)18)28-8-5-10-31(23,24)25/h11H,3-10H2,1-2H3,(H,20,21,22)(H,23,24,25). The van der Waals surface area contributed by atoms with Gasteiger partial charge in [-0.15, -0.1) is 0 Å². The van der Waals surface area contributed by atoms with Crippen LogP contribution in [0.1, 0.15) is 36.5 Å². The van der Waals surface area contributed by atoms with Crippen LogP contribution in [0.15, 0.2) is 6.07 Å². The molecule has 31 heavy (non-hydrogen) atoms. The van der Waals surface area contributed by atoms with Crippen molar-refractivity contribution in [2.24, 2.45) is 0 Å². The average molecular weight is 596 g/mol. The number of esters is 1. The molecule has 0 atom stereocenters. The fourth-order valence-corrected chi connectivity index (χ4v) is 3.99. The zero-order valence-electron chi connectivity index (χ0n) is 17.0. The number of carbonyl (C=O) groups excluding carboxylic acids is 1. The first-order valence-corrected chi connectivity index (χ1v) is 13.4. The molecule has 2 N–H and O–H groups in total. The monoisotopic (exact) mass is 596 g/mol. The molecule has 0 unspecified atom stereocenters. The minimum Gasteiger partial charge on any atom is -0.492 e. The molecular weight excluding hydrogens is 571 g/mol. The minimum atomic E-state index is -4.16. The smallest absolute Gasteiger partial charge is 0.345 e. The molecule has 11 nitrogen and oxygen atoms in total. The molecule has 0 spiro atoms. The van der Waals surface area contributed by atoms with Gasteiger partial charge in [0.1, 0.15) is 17.1 Å². The minimum absolute atomic E-state index is 0.0125. The van der Waals surface area contributed by atoms with E-state index < -0.39 is 37.7 Å². The number of halogens is 1. The van der Waals surface area contributed by atoms with E-state index in [1.165, 1.54) is 13.2 Å². The predicted molar refractivity (Wildman–Crippen MR) is 119 cm³/mol. The van der Waals surface area contributed by atoms with E-state index in [-0.39, 0.29) is 55.5 Å². The summed E-state index contributed by atoms with van der Waals surface area (Å²) in [5.41, 5.74) is -0.0162. The van der Waals surface area contributed by atoms with Crippen molar-refractivity contribution in [3.05, 3.63) is 15.2 Å². The second kappa shape index (κ2) is 12.6. The van der Waals surface area contributed by atoms with E-state index in [4.69, 9.17) is 28.1 Å². The summed E-state index contributed by atoms with van der Waals surface area (Å²) in [6.07, 6.45) is 0.616. The zero-order valence-corrected chi connectivity index (χ0v) is 20.8. The topological polar surface area (TPSA) is 163 Å². The molecule has 0 aliphatic rings. The Morgan fingerprint density at radius 1 is 0.935 bits per heavy atom. The van der Waals surface area contributed by atoms with Crippen molar-refractivity contribution < 1.29 is 49.7 Å². The molecular formula is C17H25IO11S2. The molecule has 0 saturated heterocycles. The highest BCUT2D eigenvalue weighted by molar-refractivity contribution is 14.1. The molecule has 0 amide bonds. The molecule has 0 aliphatic heterocycles. The summed E-state index contributed by atoms with van der Waals surface area (Å²) in [5, 5.41) is 0. The van der Waals surface area contributed by atoms with Crippen molar-refractivity contribution in [3.63, 3.8) is 0 Å². The lowest BCUT2D eigenvalue weighted by Gasteiger charge is -2.19. The third-order valence-corrected chi connectivity index (χ3v) is 6.23. The number of methoxy groups -OCH3 is 1. The van der Waals surface area contributed by atoms with Crippen molar-refractivity contribution in [2.45, 2.75) is 26.2 Å². The Morgan fingerprint density at radius 3 is 1.90 bits per heavy atom. The van der Waals surface area contributed by atoms with Crippen LogP contribution < -0.4 is 14.2 Å². The van der Waals surface area contributed by atoms with Gasteiger partial charge in [0.15, 0.2) is 5.75 Å². The lowest BCUT2D eigenvalue weighted by Crippen LogP contribution is -2.14. The Kier molecular flexibility index (Phi) is 11.3. The number of hydrogen-bond acceptors (Lipinski definition) is 9. The Labute approximate surface area is 195 Å². The van der Waals surface area contributed by atoms with Gasteiger partial charge in [-0.25, -0.2) is 4.79 Å². The van der Waals surface area contributed by atoms with Crippen LogP contribution in [0.2, 0.25) is 0 Å². The van der Waals surface area contributed by atoms with E-state index in [2.05, 4.69) is 0 Å². The van der Waals surface area contributed by atoms with E-state index in [1.54, 1.807) is 0 Å². The van der Waals surface area contributed by atoms with E-state index >= 15 is 0 Å². The van der Waals surface area contributed by atoms with Gasteiger partial charge in [-0.2, -0.15) is 16.8 Å². The first-order chi connectivity index (χ1) is 14.4. The third kappa shape index (κ3) is 10.2. The molecule has 1 rings (SSSR count). The van der Waals surface area contributed by atoms with E-state index in [9.17, 15) is 21.6 Å². The van der Waals surface area contributed by atoms with Crippen LogP contribution in [0.3, 0.4) is 0 Å². The zero-order chi connectivity index (χ0) is 23.7. The summed E-state index contributed by atoms with van der Waals surface area (Å²) in [4.78, 5) is 12.4. The summed E-state index contributed by atoms with van der Waals surface area (Å²) in [6.45, 7) is 1.95. The summed E-state index contributed by atoms with van der Waals surface area (Å²) in [7, 11) is -7.11. The number of ether oxygens (including phenoxy) is 4. The summed E-state index contributed by atoms with van der Waals surface area (Å²) in [5.74, 6) is -1.36. The van der Waals surface area contributed by atoms with Gasteiger partial charge in [0.2, 0.25) is 0 Å². The van der Waals surface area contributed by atoms with Crippen LogP contribution >= 0.6 is 22.6 Å². The van der Waals surface area contributed by atoms with Gasteiger partial charge in [0, 0.05) is 6.07 Å². The van der Waals surface area contributed by atoms with Crippen LogP contribution in [0, 0.1) is 3.57 Å². The molecule has 0 aliphatic carbocycles. The average Bonchev–Trinajstić information content (AvgIpc) is 2.66. The largest absolute Gasteiger partial charge is 0.492 e. The van der Waals surface area contributed by atoms with Crippen LogP contribution in [0.4, 0.5) is 0 Å². The lowest BCUT2D eigenvalue weighted by molar-refractivity contribution is 0.0590. The van der Waals surface area contributed by atoms with Gasteiger partial charge in [-0.3, -0.25) is 9.11 Å². The van der Waals surface area contributed by atoms with Crippen molar-refractivity contribution in [3.8, 4) is 17.2 Å². The van der Waals surface area contributed by atoms with Crippen LogP contribution in [0.5, 0.6) is 17.2 Å². The SMILES string of the molecule is CCCOc1c(I)c(OCCCS(=O)(=O)O)cc(OCCCS(=O)(=O)O)c1C(=O)OC. The van der Waals surface area contributed by atoms with Gasteiger partial charge in [-0.1, -0.05) is 6.92 Å². The summed E-state index contributed by atoms with van der Waals surface area (Å²) < 4.78 is 83.2. The molecule has 0 radical (unpaired) electrons. The van der Waals surface area contributed by atoms with E-state index in [0.717, 1.165) is 0 Å². The van der Waals surface area contributed by atoms with Gasteiger partial charge in [-0.05, 0) is 41.9 Å². The highest BCUT2D eigenvalue weighted by Gasteiger charge is 2.26. The molecule has 0 bridgehead atoms. The van der Waals surface area contributed by atoms with Gasteiger partial charge >= 0.3 is 5.97 Å². The first-order valence-electron chi connectivity index (χ1n) is 9.13. The van der Waals surface area contributed by atoms with Gasteiger partial charge < -0.3 is 18.9 Å². The quantitative estimate of drug-likeness (QED) is 0.140. The van der Waals surface area contributed by atoms with E-state index in [1.807, 2.05) is 29.5 Å². The van der Waals surface area contributed by atoms with E-state index in [0.29, 0.717) is 9.99 Å². The third-order valence-electron chi connectivity index (χ3n) is 3.60. The summed E-state index contributed by atoms with van der Waals surface area (Å²) >= 11 is 1.90. The highest BCUT2D eigenvalue weighted by Crippen LogP contribution is 2.41. The fourth-order valence-electron chi connectivity index (χ4n) is 2.29. The van der Waals surface area contributed by atoms with Crippen LogP contribution in [-0.2, 0) is 25.0 Å². The van der Waals surface area contributed by atoms with Gasteiger partial charge in [0.05, 0.1) is 42.0 Å². The predicted octanol–water partition coefficient (Wildman–Crippen LogP) is 2.18. The fraction of sp³-hybridized carbons (Fsp3) is 0.588. The van der Waals surface area contributed by atoms with Crippen molar-refractivity contribution in [1.29, 1.82) is 0 Å². The van der Waals surface area contributed by atoms with Crippen molar-refractivity contribution >= 4 is 48.8 Å². The Bertz CT molecular complexity index is 959. The van der Waals surface area contributed by atoms with Crippen molar-refractivity contribution in [2.75, 3.05) is 38.4 Å². The molecule has 0 fully saturated rings. The molecule has 178 valence electrons. The number of benzene rings is 1.